The predicted molar refractivity (Wildman–Crippen MR) is 92.8 cm³/mol. The number of furan rings is 1. The minimum Gasteiger partial charge on any atom is -0.472 e. The van der Waals surface area contributed by atoms with E-state index in [9.17, 15) is 9.59 Å². The number of thiophene rings is 1. The number of nitrogens with one attached hydrogen (secondary N) is 1. The van der Waals surface area contributed by atoms with Crippen molar-refractivity contribution < 1.29 is 18.7 Å². The first-order valence-corrected chi connectivity index (χ1v) is 8.85. The van der Waals surface area contributed by atoms with Gasteiger partial charge in [0.2, 0.25) is 0 Å². The van der Waals surface area contributed by atoms with Crippen molar-refractivity contribution in [3.05, 3.63) is 46.2 Å². The zero-order valence-electron chi connectivity index (χ0n) is 13.0. The Morgan fingerprint density at radius 1 is 1.42 bits per heavy atom. The second-order valence-corrected chi connectivity index (χ2v) is 6.76. The van der Waals surface area contributed by atoms with Gasteiger partial charge in [-0.05, 0) is 31.5 Å². The standard InChI is InChI=1S/C16H14N2O4S2/c1-3-22-16(20)13-9(2)6-12(24-13)18-14(19)11-8-23-15(17-11)10-4-5-21-7-10/h4-8H,3H2,1-2H3,(H,18,19). The molecule has 0 saturated carbocycles. The van der Waals surface area contributed by atoms with Crippen molar-refractivity contribution in [2.45, 2.75) is 13.8 Å². The van der Waals surface area contributed by atoms with Crippen LogP contribution in [0.2, 0.25) is 0 Å². The fraction of sp³-hybridized carbons (Fsp3) is 0.188. The molecule has 0 aliphatic carbocycles. The Kier molecular flexibility index (Phi) is 4.77. The minimum absolute atomic E-state index is 0.313. The maximum Gasteiger partial charge on any atom is 0.348 e. The highest BCUT2D eigenvalue weighted by Crippen LogP contribution is 2.29. The lowest BCUT2D eigenvalue weighted by molar-refractivity contribution is 0.0531. The number of aromatic nitrogens is 1. The number of carbonyl (C=O) groups excluding carboxylic acids is 2. The van der Waals surface area contributed by atoms with Crippen molar-refractivity contribution >= 4 is 39.6 Å². The smallest absolute Gasteiger partial charge is 0.348 e. The molecule has 0 atom stereocenters. The van der Waals surface area contributed by atoms with Gasteiger partial charge in [0.15, 0.2) is 0 Å². The van der Waals surface area contributed by atoms with Crippen LogP contribution in [0.5, 0.6) is 0 Å². The number of hydrogen-bond acceptors (Lipinski definition) is 7. The Hall–Kier alpha value is -2.45. The van der Waals surface area contributed by atoms with Crippen LogP contribution in [-0.2, 0) is 4.74 Å². The number of esters is 1. The summed E-state index contributed by atoms with van der Waals surface area (Å²) in [5.41, 5.74) is 1.92. The molecule has 0 aliphatic rings. The minimum atomic E-state index is -0.378. The predicted octanol–water partition coefficient (Wildman–Crippen LogP) is 4.20. The summed E-state index contributed by atoms with van der Waals surface area (Å²) in [4.78, 5) is 28.9. The van der Waals surface area contributed by atoms with Gasteiger partial charge in [0.1, 0.15) is 21.8 Å². The Morgan fingerprint density at radius 2 is 2.25 bits per heavy atom. The molecule has 0 radical (unpaired) electrons. The quantitative estimate of drug-likeness (QED) is 0.688. The number of thiazole rings is 1. The van der Waals surface area contributed by atoms with Crippen LogP contribution in [0.25, 0.3) is 10.6 Å². The monoisotopic (exact) mass is 362 g/mol. The number of hydrogen-bond donors (Lipinski definition) is 1. The molecule has 0 fully saturated rings. The zero-order chi connectivity index (χ0) is 17.1. The number of aryl methyl sites for hydroxylation is 1. The van der Waals surface area contributed by atoms with Crippen molar-refractivity contribution in [1.82, 2.24) is 4.98 Å². The average molecular weight is 362 g/mol. The van der Waals surface area contributed by atoms with Crippen LogP contribution in [0.15, 0.2) is 34.5 Å². The van der Waals surface area contributed by atoms with Gasteiger partial charge in [-0.1, -0.05) is 0 Å². The molecule has 24 heavy (non-hydrogen) atoms. The van der Waals surface area contributed by atoms with Gasteiger partial charge in [0.25, 0.3) is 5.91 Å². The molecule has 1 N–H and O–H groups in total. The number of anilines is 1. The summed E-state index contributed by atoms with van der Waals surface area (Å²) in [6.07, 6.45) is 3.14. The van der Waals surface area contributed by atoms with E-state index >= 15 is 0 Å². The highest BCUT2D eigenvalue weighted by Gasteiger charge is 2.18. The van der Waals surface area contributed by atoms with Crippen LogP contribution in [0, 0.1) is 6.92 Å². The summed E-state index contributed by atoms with van der Waals surface area (Å²) in [5.74, 6) is -0.700. The summed E-state index contributed by atoms with van der Waals surface area (Å²) >= 11 is 2.55. The van der Waals surface area contributed by atoms with Crippen molar-refractivity contribution in [3.8, 4) is 10.6 Å². The van der Waals surface area contributed by atoms with Crippen LogP contribution in [-0.4, -0.2) is 23.5 Å². The van der Waals surface area contributed by atoms with Crippen molar-refractivity contribution in [2.24, 2.45) is 0 Å². The molecule has 1 amide bonds. The van der Waals surface area contributed by atoms with E-state index in [0.29, 0.717) is 27.2 Å². The van der Waals surface area contributed by atoms with Gasteiger partial charge in [-0.15, -0.1) is 22.7 Å². The second kappa shape index (κ2) is 6.98. The number of nitrogens with zero attached hydrogens (tertiary/aromatic N) is 1. The topological polar surface area (TPSA) is 81.4 Å². The van der Waals surface area contributed by atoms with Gasteiger partial charge in [-0.3, -0.25) is 4.79 Å². The van der Waals surface area contributed by atoms with Gasteiger partial charge in [-0.2, -0.15) is 0 Å². The van der Waals surface area contributed by atoms with Crippen LogP contribution in [0.4, 0.5) is 5.00 Å². The highest BCUT2D eigenvalue weighted by atomic mass is 32.1. The van der Waals surface area contributed by atoms with Crippen molar-refractivity contribution in [3.63, 3.8) is 0 Å². The number of ether oxygens (including phenoxy) is 1. The molecule has 0 spiro atoms. The molecule has 0 aromatic carbocycles. The van der Waals surface area contributed by atoms with Crippen LogP contribution in [0.3, 0.4) is 0 Å². The molecule has 3 heterocycles. The Labute approximate surface area is 146 Å². The summed E-state index contributed by atoms with van der Waals surface area (Å²) in [5, 5.41) is 5.75. The van der Waals surface area contributed by atoms with E-state index in [0.717, 1.165) is 11.1 Å². The third-order valence-corrected chi connectivity index (χ3v) is 5.14. The molecule has 0 unspecified atom stereocenters. The number of carbonyl (C=O) groups is 2. The van der Waals surface area contributed by atoms with Crippen LogP contribution >= 0.6 is 22.7 Å². The van der Waals surface area contributed by atoms with E-state index in [1.165, 1.54) is 22.7 Å². The van der Waals surface area contributed by atoms with Gasteiger partial charge in [0, 0.05) is 10.9 Å². The maximum atomic E-state index is 12.3. The van der Waals surface area contributed by atoms with E-state index in [4.69, 9.17) is 9.15 Å². The lowest BCUT2D eigenvalue weighted by atomic mass is 10.3. The largest absolute Gasteiger partial charge is 0.472 e. The van der Waals surface area contributed by atoms with Crippen LogP contribution < -0.4 is 5.32 Å². The van der Waals surface area contributed by atoms with Crippen molar-refractivity contribution in [2.75, 3.05) is 11.9 Å². The number of amides is 1. The van der Waals surface area contributed by atoms with Gasteiger partial charge in [-0.25, -0.2) is 9.78 Å². The Bertz CT molecular complexity index is 865. The molecule has 0 bridgehead atoms. The molecule has 0 aliphatic heterocycles. The first-order chi connectivity index (χ1) is 11.6. The van der Waals surface area contributed by atoms with E-state index in [-0.39, 0.29) is 11.9 Å². The molecule has 3 aromatic heterocycles. The van der Waals surface area contributed by atoms with E-state index in [2.05, 4.69) is 10.3 Å². The van der Waals surface area contributed by atoms with Gasteiger partial charge in [0.05, 0.1) is 17.9 Å². The van der Waals surface area contributed by atoms with Crippen molar-refractivity contribution in [1.29, 1.82) is 0 Å². The second-order valence-electron chi connectivity index (χ2n) is 4.85. The molecular formula is C16H14N2O4S2. The summed E-state index contributed by atoms with van der Waals surface area (Å²) in [6, 6.07) is 3.53. The zero-order valence-corrected chi connectivity index (χ0v) is 14.6. The van der Waals surface area contributed by atoms with E-state index in [1.54, 1.807) is 43.9 Å². The highest BCUT2D eigenvalue weighted by molar-refractivity contribution is 7.18. The average Bonchev–Trinajstić information content (AvgIpc) is 3.27. The third kappa shape index (κ3) is 3.39. The number of rotatable bonds is 5. The fourth-order valence-corrected chi connectivity index (χ4v) is 3.76. The fourth-order valence-electron chi connectivity index (χ4n) is 2.02. The molecule has 0 saturated heterocycles. The SMILES string of the molecule is CCOC(=O)c1sc(NC(=O)c2csc(-c3ccoc3)n2)cc1C. The molecular weight excluding hydrogens is 348 g/mol. The summed E-state index contributed by atoms with van der Waals surface area (Å²) in [6.45, 7) is 3.87. The Morgan fingerprint density at radius 3 is 2.96 bits per heavy atom. The Balaban J connectivity index is 1.73. The maximum absolute atomic E-state index is 12.3. The lowest BCUT2D eigenvalue weighted by Gasteiger charge is -1.99. The molecule has 124 valence electrons. The van der Waals surface area contributed by atoms with Gasteiger partial charge < -0.3 is 14.5 Å². The molecule has 3 rings (SSSR count). The first-order valence-electron chi connectivity index (χ1n) is 7.15. The summed E-state index contributed by atoms with van der Waals surface area (Å²) < 4.78 is 10.0. The lowest BCUT2D eigenvalue weighted by Crippen LogP contribution is -2.11. The first kappa shape index (κ1) is 16.4. The molecule has 6 nitrogen and oxygen atoms in total. The molecule has 8 heteroatoms. The normalized spacial score (nSPS) is 10.6. The molecule has 3 aromatic rings. The third-order valence-electron chi connectivity index (χ3n) is 3.12. The van der Waals surface area contributed by atoms with E-state index < -0.39 is 0 Å². The van der Waals surface area contributed by atoms with Crippen LogP contribution in [0.1, 0.15) is 32.6 Å². The van der Waals surface area contributed by atoms with Gasteiger partial charge >= 0.3 is 5.97 Å². The van der Waals surface area contributed by atoms with E-state index in [1.807, 2.05) is 0 Å². The summed E-state index contributed by atoms with van der Waals surface area (Å²) in [7, 11) is 0.